The summed E-state index contributed by atoms with van der Waals surface area (Å²) in [5.74, 6) is 0.595. The van der Waals surface area contributed by atoms with E-state index in [-0.39, 0.29) is 18.0 Å². The van der Waals surface area contributed by atoms with Gasteiger partial charge in [-0.25, -0.2) is 0 Å². The van der Waals surface area contributed by atoms with Gasteiger partial charge in [-0.3, -0.25) is 0 Å². The minimum Gasteiger partial charge on any atom is -1.00 e. The van der Waals surface area contributed by atoms with Crippen molar-refractivity contribution in [2.45, 2.75) is 70.1 Å². The molecular formula is C20H36ClNO2. The molecule has 4 heteroatoms. The molecule has 0 aliphatic heterocycles. The van der Waals surface area contributed by atoms with E-state index in [1.54, 1.807) is 0 Å². The largest absolute Gasteiger partial charge is 1.00 e. The number of hydrogen-bond donors (Lipinski definition) is 1. The van der Waals surface area contributed by atoms with Gasteiger partial charge in [0.2, 0.25) is 0 Å². The molecule has 3 nitrogen and oxygen atoms in total. The average Bonchev–Trinajstić information content (AvgIpc) is 2.54. The molecule has 0 saturated heterocycles. The van der Waals surface area contributed by atoms with E-state index in [1.807, 2.05) is 0 Å². The Kier molecular flexibility index (Phi) is 8.47. The number of aliphatic hydroxyl groups excluding tert-OH is 1. The number of aliphatic hydroxyl groups is 1. The first kappa shape index (κ1) is 21.7. The molecule has 2 aliphatic rings. The highest BCUT2D eigenvalue weighted by molar-refractivity contribution is 5.20. The minimum atomic E-state index is -0.410. The summed E-state index contributed by atoms with van der Waals surface area (Å²) in [6.07, 6.45) is 15.7. The Labute approximate surface area is 154 Å². The topological polar surface area (TPSA) is 29.5 Å². The molecule has 2 aliphatic carbocycles. The second-order valence-corrected chi connectivity index (χ2v) is 8.30. The van der Waals surface area contributed by atoms with Crippen molar-refractivity contribution in [3.63, 3.8) is 0 Å². The van der Waals surface area contributed by atoms with E-state index >= 15 is 0 Å². The molecule has 0 heterocycles. The lowest BCUT2D eigenvalue weighted by molar-refractivity contribution is -0.914. The van der Waals surface area contributed by atoms with Gasteiger partial charge in [-0.1, -0.05) is 43.6 Å². The van der Waals surface area contributed by atoms with Crippen LogP contribution in [0.25, 0.3) is 0 Å². The molecule has 0 radical (unpaired) electrons. The third-order valence-electron chi connectivity index (χ3n) is 5.98. The van der Waals surface area contributed by atoms with Gasteiger partial charge in [0.05, 0.1) is 32.3 Å². The summed E-state index contributed by atoms with van der Waals surface area (Å²) in [5, 5.41) is 10.5. The Morgan fingerprint density at radius 3 is 2.38 bits per heavy atom. The van der Waals surface area contributed by atoms with Crippen LogP contribution in [-0.4, -0.2) is 54.6 Å². The van der Waals surface area contributed by atoms with Crippen LogP contribution in [0.3, 0.4) is 0 Å². The van der Waals surface area contributed by atoms with Crippen LogP contribution in [0.5, 0.6) is 0 Å². The maximum Gasteiger partial charge on any atom is 0.126 e. The highest BCUT2D eigenvalue weighted by atomic mass is 35.5. The average molecular weight is 358 g/mol. The smallest absolute Gasteiger partial charge is 0.126 e. The summed E-state index contributed by atoms with van der Waals surface area (Å²) in [7, 11) is 4.35. The fourth-order valence-electron chi connectivity index (χ4n) is 3.79. The molecule has 24 heavy (non-hydrogen) atoms. The molecule has 0 aromatic heterocycles. The Hall–Kier alpha value is -0.350. The summed E-state index contributed by atoms with van der Waals surface area (Å²) in [6, 6.07) is 0.495. The quantitative estimate of drug-likeness (QED) is 0.679. The van der Waals surface area contributed by atoms with Crippen molar-refractivity contribution < 1.29 is 26.7 Å². The van der Waals surface area contributed by atoms with Crippen LogP contribution in [0.15, 0.2) is 24.3 Å². The third-order valence-corrected chi connectivity index (χ3v) is 5.98. The van der Waals surface area contributed by atoms with Gasteiger partial charge in [-0.15, -0.1) is 0 Å². The van der Waals surface area contributed by atoms with Crippen LogP contribution in [0.2, 0.25) is 0 Å². The number of ether oxygens (including phenoxy) is 1. The van der Waals surface area contributed by atoms with Gasteiger partial charge < -0.3 is 26.7 Å². The fraction of sp³-hybridized carbons (Fsp3) is 0.800. The normalized spacial score (nSPS) is 26.4. The van der Waals surface area contributed by atoms with E-state index in [4.69, 9.17) is 4.74 Å². The highest BCUT2D eigenvalue weighted by Crippen LogP contribution is 2.40. The molecule has 0 amide bonds. The van der Waals surface area contributed by atoms with Crippen LogP contribution >= 0.6 is 0 Å². The van der Waals surface area contributed by atoms with Gasteiger partial charge >= 0.3 is 0 Å². The SMILES string of the molecule is CC(C)[N+](C)(C)CC(O)COC1(C2CCCCC2)C=CC=CC1.[Cl-]. The van der Waals surface area contributed by atoms with Gasteiger partial charge in [0, 0.05) is 0 Å². The van der Waals surface area contributed by atoms with Gasteiger partial charge in [-0.2, -0.15) is 0 Å². The molecule has 2 unspecified atom stereocenters. The van der Waals surface area contributed by atoms with Crippen molar-refractivity contribution >= 4 is 0 Å². The number of quaternary nitrogens is 1. The van der Waals surface area contributed by atoms with Gasteiger partial charge in [0.25, 0.3) is 0 Å². The molecule has 2 atom stereocenters. The van der Waals surface area contributed by atoms with Crippen LogP contribution in [0.1, 0.15) is 52.4 Å². The predicted molar refractivity (Wildman–Crippen MR) is 96.3 cm³/mol. The molecule has 0 aromatic rings. The van der Waals surface area contributed by atoms with Gasteiger partial charge in [-0.05, 0) is 39.0 Å². The third kappa shape index (κ3) is 5.59. The minimum absolute atomic E-state index is 0. The Bertz CT molecular complexity index is 427. The summed E-state index contributed by atoms with van der Waals surface area (Å²) in [4.78, 5) is 0. The number of allylic oxidation sites excluding steroid dienone is 2. The molecule has 140 valence electrons. The number of halogens is 1. The molecule has 2 rings (SSSR count). The summed E-state index contributed by atoms with van der Waals surface area (Å²) in [6.45, 7) is 5.57. The Morgan fingerprint density at radius 2 is 1.83 bits per heavy atom. The first-order valence-corrected chi connectivity index (χ1v) is 9.35. The van der Waals surface area contributed by atoms with Crippen molar-refractivity contribution in [2.24, 2.45) is 5.92 Å². The van der Waals surface area contributed by atoms with Crippen molar-refractivity contribution in [3.05, 3.63) is 24.3 Å². The van der Waals surface area contributed by atoms with Gasteiger partial charge in [0.1, 0.15) is 12.6 Å². The van der Waals surface area contributed by atoms with Crippen molar-refractivity contribution in [2.75, 3.05) is 27.2 Å². The van der Waals surface area contributed by atoms with E-state index in [2.05, 4.69) is 52.2 Å². The van der Waals surface area contributed by atoms with Crippen LogP contribution in [-0.2, 0) is 4.74 Å². The first-order valence-electron chi connectivity index (χ1n) is 9.35. The fourth-order valence-corrected chi connectivity index (χ4v) is 3.79. The summed E-state index contributed by atoms with van der Waals surface area (Å²) >= 11 is 0. The second-order valence-electron chi connectivity index (χ2n) is 8.30. The monoisotopic (exact) mass is 357 g/mol. The van der Waals surface area contributed by atoms with E-state index < -0.39 is 6.10 Å². The molecule has 1 N–H and O–H groups in total. The predicted octanol–water partition coefficient (Wildman–Crippen LogP) is 0.688. The van der Waals surface area contributed by atoms with Crippen LogP contribution < -0.4 is 12.4 Å². The lowest BCUT2D eigenvalue weighted by Gasteiger charge is -2.42. The number of hydrogen-bond acceptors (Lipinski definition) is 2. The molecule has 1 fully saturated rings. The van der Waals surface area contributed by atoms with Crippen molar-refractivity contribution in [3.8, 4) is 0 Å². The van der Waals surface area contributed by atoms with E-state index in [0.29, 0.717) is 18.6 Å². The zero-order valence-electron chi connectivity index (χ0n) is 15.9. The molecule has 0 spiro atoms. The summed E-state index contributed by atoms with van der Waals surface area (Å²) in [5.41, 5.74) is -0.189. The first-order chi connectivity index (χ1) is 10.9. The number of nitrogens with zero attached hydrogens (tertiary/aromatic N) is 1. The number of rotatable bonds is 7. The van der Waals surface area contributed by atoms with Gasteiger partial charge in [0.15, 0.2) is 0 Å². The molecule has 0 aromatic carbocycles. The maximum atomic E-state index is 10.5. The zero-order chi connectivity index (χ0) is 16.9. The Balaban J connectivity index is 0.00000288. The van der Waals surface area contributed by atoms with E-state index in [0.717, 1.165) is 17.4 Å². The van der Waals surface area contributed by atoms with Crippen LogP contribution in [0.4, 0.5) is 0 Å². The number of likely N-dealkylation sites (N-methyl/N-ethyl adjacent to an activating group) is 1. The van der Waals surface area contributed by atoms with Crippen LogP contribution in [0, 0.1) is 5.92 Å². The highest BCUT2D eigenvalue weighted by Gasteiger charge is 2.38. The van der Waals surface area contributed by atoms with Crippen molar-refractivity contribution in [1.29, 1.82) is 0 Å². The zero-order valence-corrected chi connectivity index (χ0v) is 16.6. The Morgan fingerprint density at radius 1 is 1.17 bits per heavy atom. The van der Waals surface area contributed by atoms with Crippen molar-refractivity contribution in [1.82, 2.24) is 0 Å². The summed E-state index contributed by atoms with van der Waals surface area (Å²) < 4.78 is 7.22. The second kappa shape index (κ2) is 9.38. The lowest BCUT2D eigenvalue weighted by Crippen LogP contribution is -3.00. The maximum absolute atomic E-state index is 10.5. The van der Waals surface area contributed by atoms with E-state index in [1.165, 1.54) is 32.1 Å². The molecule has 1 saturated carbocycles. The standard InChI is InChI=1S/C20H36NO2.ClH/c1-17(2)21(3,4)15-19(22)16-23-20(13-9-6-10-14-20)18-11-7-5-8-12-18;/h6,9-10,13,17-19,22H,5,7-8,11-12,14-16H2,1-4H3;1H/q+1;/p-1. The van der Waals surface area contributed by atoms with E-state index in [9.17, 15) is 5.11 Å². The lowest BCUT2D eigenvalue weighted by atomic mass is 9.74. The molecular weight excluding hydrogens is 322 g/mol. The molecule has 0 bridgehead atoms.